The summed E-state index contributed by atoms with van der Waals surface area (Å²) in [6, 6.07) is 29.0. The lowest BCUT2D eigenvalue weighted by Gasteiger charge is -2.12. The zero-order valence-electron chi connectivity index (χ0n) is 18.0. The topological polar surface area (TPSA) is 39.9 Å². The molecular formula is C27H23N3OS. The van der Waals surface area contributed by atoms with E-state index in [0.717, 1.165) is 38.6 Å². The Bertz CT molecular complexity index is 1330. The van der Waals surface area contributed by atoms with Crippen LogP contribution in [0.4, 0.5) is 0 Å². The Morgan fingerprint density at radius 1 is 0.844 bits per heavy atom. The fourth-order valence-electron chi connectivity index (χ4n) is 3.86. The fourth-order valence-corrected chi connectivity index (χ4v) is 4.91. The van der Waals surface area contributed by atoms with Crippen LogP contribution in [0.3, 0.4) is 0 Å². The molecule has 1 unspecified atom stereocenters. The highest BCUT2D eigenvalue weighted by Crippen LogP contribution is 2.41. The lowest BCUT2D eigenvalue weighted by molar-refractivity contribution is 0.415. The quantitative estimate of drug-likeness (QED) is 0.213. The highest BCUT2D eigenvalue weighted by Gasteiger charge is 2.19. The third-order valence-corrected chi connectivity index (χ3v) is 6.70. The molecule has 0 spiro atoms. The van der Waals surface area contributed by atoms with Crippen molar-refractivity contribution >= 4 is 22.8 Å². The van der Waals surface area contributed by atoms with Gasteiger partial charge in [-0.3, -0.25) is 0 Å². The molecule has 5 heteroatoms. The van der Waals surface area contributed by atoms with E-state index >= 15 is 0 Å². The number of hydrogen-bond donors (Lipinski definition) is 0. The van der Waals surface area contributed by atoms with E-state index in [1.807, 2.05) is 24.3 Å². The highest BCUT2D eigenvalue weighted by molar-refractivity contribution is 7.99. The number of fused-ring (bicyclic) bond motifs is 1. The molecule has 3 aromatic carbocycles. The van der Waals surface area contributed by atoms with Gasteiger partial charge in [-0.15, -0.1) is 0 Å². The molecule has 5 aromatic rings. The van der Waals surface area contributed by atoms with Crippen LogP contribution in [-0.2, 0) is 0 Å². The third kappa shape index (κ3) is 3.87. The molecule has 0 aliphatic heterocycles. The zero-order valence-corrected chi connectivity index (χ0v) is 18.8. The van der Waals surface area contributed by atoms with Crippen molar-refractivity contribution < 1.29 is 4.74 Å². The van der Waals surface area contributed by atoms with Crippen molar-refractivity contribution in [3.63, 3.8) is 0 Å². The van der Waals surface area contributed by atoms with Gasteiger partial charge in [-0.2, -0.15) is 0 Å². The van der Waals surface area contributed by atoms with Crippen molar-refractivity contribution in [2.75, 3.05) is 7.11 Å². The van der Waals surface area contributed by atoms with Crippen LogP contribution < -0.4 is 4.74 Å². The van der Waals surface area contributed by atoms with E-state index < -0.39 is 0 Å². The van der Waals surface area contributed by atoms with Gasteiger partial charge in [-0.25, -0.2) is 9.97 Å². The average Bonchev–Trinajstić information content (AvgIpc) is 3.26. The summed E-state index contributed by atoms with van der Waals surface area (Å²) in [5, 5.41) is 2.32. The molecule has 2 aromatic heterocycles. The van der Waals surface area contributed by atoms with Crippen molar-refractivity contribution in [1.29, 1.82) is 0 Å². The minimum Gasteiger partial charge on any atom is -0.497 e. The van der Waals surface area contributed by atoms with E-state index in [0.29, 0.717) is 0 Å². The summed E-state index contributed by atoms with van der Waals surface area (Å²) in [7, 11) is 1.68. The molecular weight excluding hydrogens is 414 g/mol. The minimum absolute atomic E-state index is 0.266. The van der Waals surface area contributed by atoms with Gasteiger partial charge in [0.25, 0.3) is 0 Å². The number of ether oxygens (including phenoxy) is 1. The van der Waals surface area contributed by atoms with Gasteiger partial charge in [0.05, 0.1) is 12.5 Å². The Morgan fingerprint density at radius 2 is 1.53 bits per heavy atom. The molecule has 2 heterocycles. The van der Waals surface area contributed by atoms with Gasteiger partial charge >= 0.3 is 0 Å². The second kappa shape index (κ2) is 8.89. The molecule has 0 N–H and O–H groups in total. The van der Waals surface area contributed by atoms with Crippen LogP contribution in [0.15, 0.2) is 102 Å². The van der Waals surface area contributed by atoms with Crippen LogP contribution in [0.25, 0.3) is 27.8 Å². The summed E-state index contributed by atoms with van der Waals surface area (Å²) < 4.78 is 7.47. The molecule has 0 saturated carbocycles. The Kier molecular flexibility index (Phi) is 5.65. The number of thioether (sulfide) groups is 1. The summed E-state index contributed by atoms with van der Waals surface area (Å²) in [5.41, 5.74) is 5.48. The fraction of sp³-hybridized carbons (Fsp3) is 0.111. The van der Waals surface area contributed by atoms with E-state index in [1.165, 1.54) is 5.56 Å². The molecule has 0 bridgehead atoms. The average molecular weight is 438 g/mol. The minimum atomic E-state index is 0.266. The van der Waals surface area contributed by atoms with Gasteiger partial charge in [0.15, 0.2) is 0 Å². The Hall–Kier alpha value is -3.57. The molecule has 0 saturated heterocycles. The summed E-state index contributed by atoms with van der Waals surface area (Å²) in [4.78, 5) is 9.41. The predicted octanol–water partition coefficient (Wildman–Crippen LogP) is 6.95. The molecule has 0 fully saturated rings. The summed E-state index contributed by atoms with van der Waals surface area (Å²) in [6.45, 7) is 2.22. The van der Waals surface area contributed by atoms with Gasteiger partial charge < -0.3 is 9.30 Å². The van der Waals surface area contributed by atoms with Crippen LogP contribution in [0.2, 0.25) is 0 Å². The largest absolute Gasteiger partial charge is 0.497 e. The van der Waals surface area contributed by atoms with Crippen molar-refractivity contribution in [2.45, 2.75) is 17.2 Å². The van der Waals surface area contributed by atoms with Crippen molar-refractivity contribution in [3.8, 4) is 22.6 Å². The normalized spacial score (nSPS) is 12.1. The van der Waals surface area contributed by atoms with E-state index in [4.69, 9.17) is 14.7 Å². The van der Waals surface area contributed by atoms with Crippen LogP contribution in [0.5, 0.6) is 5.75 Å². The van der Waals surface area contributed by atoms with E-state index in [-0.39, 0.29) is 5.25 Å². The SMILES string of the molecule is COc1ccc(-n2cc(-c3ccccc3)c3c(SC(C)c4ccccc4)ncnc32)cc1. The maximum atomic E-state index is 5.33. The van der Waals surface area contributed by atoms with Crippen molar-refractivity contribution in [1.82, 2.24) is 14.5 Å². The summed E-state index contributed by atoms with van der Waals surface area (Å²) >= 11 is 1.77. The van der Waals surface area contributed by atoms with Crippen LogP contribution >= 0.6 is 11.8 Å². The van der Waals surface area contributed by atoms with E-state index in [9.17, 15) is 0 Å². The molecule has 0 radical (unpaired) electrons. The van der Waals surface area contributed by atoms with Crippen LogP contribution in [0, 0.1) is 0 Å². The maximum absolute atomic E-state index is 5.33. The highest BCUT2D eigenvalue weighted by atomic mass is 32.2. The first-order valence-corrected chi connectivity index (χ1v) is 11.4. The van der Waals surface area contributed by atoms with Crippen LogP contribution in [-0.4, -0.2) is 21.6 Å². The molecule has 1 atom stereocenters. The first-order valence-electron chi connectivity index (χ1n) is 10.5. The van der Waals surface area contributed by atoms with Gasteiger partial charge in [0.2, 0.25) is 0 Å². The number of hydrogen-bond acceptors (Lipinski definition) is 4. The van der Waals surface area contributed by atoms with Gasteiger partial charge in [-0.05, 0) is 42.3 Å². The Labute approximate surface area is 191 Å². The molecule has 158 valence electrons. The monoisotopic (exact) mass is 437 g/mol. The number of aromatic nitrogens is 3. The predicted molar refractivity (Wildman–Crippen MR) is 132 cm³/mol. The standard InChI is InChI=1S/C27H23N3OS/c1-19(20-9-5-3-6-10-20)32-27-25-24(21-11-7-4-8-12-21)17-30(26(25)28-18-29-27)22-13-15-23(31-2)16-14-22/h3-19H,1-2H3. The molecule has 5 rings (SSSR count). The summed E-state index contributed by atoms with van der Waals surface area (Å²) in [5.74, 6) is 0.830. The molecule has 0 aliphatic carbocycles. The smallest absolute Gasteiger partial charge is 0.149 e. The lowest BCUT2D eigenvalue weighted by atomic mass is 10.1. The Balaban J connectivity index is 1.67. The van der Waals surface area contributed by atoms with Crippen molar-refractivity contribution in [2.24, 2.45) is 0 Å². The lowest BCUT2D eigenvalue weighted by Crippen LogP contribution is -1.96. The number of rotatable bonds is 6. The van der Waals surface area contributed by atoms with Crippen molar-refractivity contribution in [3.05, 3.63) is 103 Å². The second-order valence-electron chi connectivity index (χ2n) is 7.53. The first kappa shape index (κ1) is 20.3. The summed E-state index contributed by atoms with van der Waals surface area (Å²) in [6.07, 6.45) is 3.82. The maximum Gasteiger partial charge on any atom is 0.149 e. The second-order valence-corrected chi connectivity index (χ2v) is 8.85. The zero-order chi connectivity index (χ0) is 21.9. The third-order valence-electron chi connectivity index (χ3n) is 5.54. The molecule has 0 aliphatic rings. The van der Waals surface area contributed by atoms with Gasteiger partial charge in [0.1, 0.15) is 22.7 Å². The van der Waals surface area contributed by atoms with Gasteiger partial charge in [0, 0.05) is 22.7 Å². The molecule has 4 nitrogen and oxygen atoms in total. The van der Waals surface area contributed by atoms with E-state index in [1.54, 1.807) is 25.2 Å². The molecule has 32 heavy (non-hydrogen) atoms. The number of methoxy groups -OCH3 is 1. The van der Waals surface area contributed by atoms with Gasteiger partial charge in [-0.1, -0.05) is 72.4 Å². The number of nitrogens with zero attached hydrogens (tertiary/aromatic N) is 3. The molecule has 0 amide bonds. The Morgan fingerprint density at radius 3 is 2.22 bits per heavy atom. The number of benzene rings is 3. The van der Waals surface area contributed by atoms with E-state index in [2.05, 4.69) is 78.4 Å². The van der Waals surface area contributed by atoms with Crippen LogP contribution in [0.1, 0.15) is 17.7 Å². The first-order chi connectivity index (χ1) is 15.7.